The number of pyridine rings is 1. The molecule has 178 valence electrons. The normalized spacial score (nSPS) is 12.1. The average molecular weight is 472 g/mol. The summed E-state index contributed by atoms with van der Waals surface area (Å²) in [5.41, 5.74) is 2.46. The average Bonchev–Trinajstić information content (AvgIpc) is 3.53. The molecule has 1 atom stereocenters. The lowest BCUT2D eigenvalue weighted by atomic mass is 10.1. The number of hydrogen-bond acceptors (Lipinski definition) is 6. The summed E-state index contributed by atoms with van der Waals surface area (Å²) >= 11 is 0. The van der Waals surface area contributed by atoms with Crippen LogP contribution in [-0.4, -0.2) is 31.8 Å². The number of aromatic amines is 1. The van der Waals surface area contributed by atoms with Crippen molar-refractivity contribution in [1.29, 1.82) is 0 Å². The third kappa shape index (κ3) is 5.47. The maximum atomic E-state index is 12.9. The molecule has 0 spiro atoms. The van der Waals surface area contributed by atoms with Gasteiger partial charge in [0.25, 0.3) is 5.56 Å². The molecule has 0 aliphatic heterocycles. The largest absolute Gasteiger partial charge is 0.494 e. The molecule has 9 heteroatoms. The molecule has 5 rings (SSSR count). The standard InChI is InChI=1S/C26H26N6O3/c1-2-34-22-10-11-24-20(14-22)13-21(26(33)27-24)16-31(17-23-9-6-12-35-23)18-25-28-29-30-32(25)15-19-7-4-3-5-8-19/h3-14H,2,15-18H2,1H3,(H,27,33)/p+1. The number of tetrazole rings is 1. The van der Waals surface area contributed by atoms with E-state index in [4.69, 9.17) is 9.15 Å². The van der Waals surface area contributed by atoms with Crippen LogP contribution in [0.2, 0.25) is 0 Å². The number of nitrogens with one attached hydrogen (secondary N) is 2. The molecule has 2 N–H and O–H groups in total. The van der Waals surface area contributed by atoms with Gasteiger partial charge in [0.2, 0.25) is 5.82 Å². The van der Waals surface area contributed by atoms with E-state index in [-0.39, 0.29) is 5.56 Å². The fraction of sp³-hybridized carbons (Fsp3) is 0.231. The van der Waals surface area contributed by atoms with Gasteiger partial charge in [-0.3, -0.25) is 4.79 Å². The van der Waals surface area contributed by atoms with Crippen molar-refractivity contribution in [2.75, 3.05) is 6.61 Å². The Balaban J connectivity index is 1.42. The Morgan fingerprint density at radius 1 is 1.03 bits per heavy atom. The highest BCUT2D eigenvalue weighted by atomic mass is 16.5. The fourth-order valence-corrected chi connectivity index (χ4v) is 4.19. The maximum absolute atomic E-state index is 12.9. The molecular formula is C26H27N6O3+. The van der Waals surface area contributed by atoms with E-state index in [1.807, 2.05) is 73.7 Å². The van der Waals surface area contributed by atoms with Crippen molar-refractivity contribution < 1.29 is 14.1 Å². The third-order valence-electron chi connectivity index (χ3n) is 5.84. The Bertz CT molecular complexity index is 1440. The monoisotopic (exact) mass is 471 g/mol. The van der Waals surface area contributed by atoms with Gasteiger partial charge >= 0.3 is 0 Å². The van der Waals surface area contributed by atoms with Gasteiger partial charge in [-0.2, -0.15) is 0 Å². The van der Waals surface area contributed by atoms with Crippen LogP contribution in [0.1, 0.15) is 29.6 Å². The number of aromatic nitrogens is 5. The van der Waals surface area contributed by atoms with Gasteiger partial charge < -0.3 is 19.0 Å². The molecule has 0 radical (unpaired) electrons. The SMILES string of the molecule is CCOc1ccc2[nH]c(=O)c(C[NH+](Cc3ccco3)Cc3nnnn3Cc3ccccc3)cc2c1. The minimum Gasteiger partial charge on any atom is -0.494 e. The highest BCUT2D eigenvalue weighted by Crippen LogP contribution is 2.19. The predicted molar refractivity (Wildman–Crippen MR) is 130 cm³/mol. The van der Waals surface area contributed by atoms with E-state index in [9.17, 15) is 4.79 Å². The highest BCUT2D eigenvalue weighted by Gasteiger charge is 2.20. The molecule has 0 fully saturated rings. The molecule has 2 aromatic carbocycles. The third-order valence-corrected chi connectivity index (χ3v) is 5.84. The summed E-state index contributed by atoms with van der Waals surface area (Å²) in [4.78, 5) is 17.0. The zero-order valence-electron chi connectivity index (χ0n) is 19.5. The topological polar surface area (TPSA) is 103 Å². The van der Waals surface area contributed by atoms with Crippen molar-refractivity contribution in [2.24, 2.45) is 0 Å². The number of quaternary nitrogens is 1. The van der Waals surface area contributed by atoms with Gasteiger partial charge in [0, 0.05) is 10.9 Å². The van der Waals surface area contributed by atoms with Crippen molar-refractivity contribution in [2.45, 2.75) is 33.1 Å². The molecule has 0 aliphatic carbocycles. The molecule has 5 aromatic rings. The van der Waals surface area contributed by atoms with Crippen molar-refractivity contribution >= 4 is 10.9 Å². The van der Waals surface area contributed by atoms with Gasteiger partial charge in [-0.25, -0.2) is 4.68 Å². The number of H-pyrrole nitrogens is 1. The number of rotatable bonds is 10. The number of nitrogens with zero attached hydrogens (tertiary/aromatic N) is 4. The van der Waals surface area contributed by atoms with Crippen LogP contribution in [0.5, 0.6) is 5.75 Å². The summed E-state index contributed by atoms with van der Waals surface area (Å²) in [5, 5.41) is 13.3. The first kappa shape index (κ1) is 22.5. The van der Waals surface area contributed by atoms with Gasteiger partial charge in [-0.15, -0.1) is 5.10 Å². The Hall–Kier alpha value is -4.24. The second-order valence-electron chi connectivity index (χ2n) is 8.40. The molecule has 0 saturated carbocycles. The molecule has 3 heterocycles. The van der Waals surface area contributed by atoms with Crippen LogP contribution in [0.15, 0.2) is 82.2 Å². The Morgan fingerprint density at radius 2 is 1.91 bits per heavy atom. The highest BCUT2D eigenvalue weighted by molar-refractivity contribution is 5.80. The Morgan fingerprint density at radius 3 is 2.71 bits per heavy atom. The van der Waals surface area contributed by atoms with Crippen LogP contribution < -0.4 is 15.2 Å². The first-order valence-corrected chi connectivity index (χ1v) is 11.6. The molecule has 3 aromatic heterocycles. The number of furan rings is 1. The second kappa shape index (κ2) is 10.4. The summed E-state index contributed by atoms with van der Waals surface area (Å²) in [6, 6.07) is 21.5. The van der Waals surface area contributed by atoms with Gasteiger partial charge in [-0.1, -0.05) is 30.3 Å². The van der Waals surface area contributed by atoms with Crippen LogP contribution in [-0.2, 0) is 26.2 Å². The fourth-order valence-electron chi connectivity index (χ4n) is 4.19. The minimum atomic E-state index is -0.109. The van der Waals surface area contributed by atoms with Gasteiger partial charge in [0.05, 0.1) is 25.0 Å². The van der Waals surface area contributed by atoms with Crippen LogP contribution in [0.3, 0.4) is 0 Å². The zero-order chi connectivity index (χ0) is 24.0. The summed E-state index contributed by atoms with van der Waals surface area (Å²) < 4.78 is 13.0. The van der Waals surface area contributed by atoms with E-state index in [1.54, 1.807) is 10.9 Å². The Kier molecular flexibility index (Phi) is 6.67. The summed E-state index contributed by atoms with van der Waals surface area (Å²) in [6.45, 7) is 4.69. The molecule has 0 aliphatic rings. The lowest BCUT2D eigenvalue weighted by Gasteiger charge is -2.18. The van der Waals surface area contributed by atoms with Crippen molar-refractivity contribution in [3.8, 4) is 5.75 Å². The van der Waals surface area contributed by atoms with E-state index >= 15 is 0 Å². The van der Waals surface area contributed by atoms with Crippen LogP contribution >= 0.6 is 0 Å². The molecule has 35 heavy (non-hydrogen) atoms. The van der Waals surface area contributed by atoms with E-state index in [1.165, 1.54) is 0 Å². The van der Waals surface area contributed by atoms with Crippen molar-refractivity contribution in [3.05, 3.63) is 106 Å². The first-order valence-electron chi connectivity index (χ1n) is 11.6. The number of benzene rings is 2. The summed E-state index contributed by atoms with van der Waals surface area (Å²) in [6.07, 6.45) is 1.66. The van der Waals surface area contributed by atoms with Gasteiger partial charge in [0.15, 0.2) is 5.76 Å². The predicted octanol–water partition coefficient (Wildman–Crippen LogP) is 2.34. The number of fused-ring (bicyclic) bond motifs is 1. The quantitative estimate of drug-likeness (QED) is 0.324. The molecular weight excluding hydrogens is 444 g/mol. The van der Waals surface area contributed by atoms with E-state index in [2.05, 4.69) is 20.5 Å². The van der Waals surface area contributed by atoms with E-state index in [0.29, 0.717) is 38.3 Å². The number of ether oxygens (including phenoxy) is 1. The lowest BCUT2D eigenvalue weighted by molar-refractivity contribution is -0.942. The summed E-state index contributed by atoms with van der Waals surface area (Å²) in [7, 11) is 0. The molecule has 9 nitrogen and oxygen atoms in total. The minimum absolute atomic E-state index is 0.109. The Labute approximate surface area is 202 Å². The lowest BCUT2D eigenvalue weighted by Crippen LogP contribution is -3.08. The molecule has 0 amide bonds. The smallest absolute Gasteiger partial charge is 0.257 e. The van der Waals surface area contributed by atoms with Crippen molar-refractivity contribution in [3.63, 3.8) is 0 Å². The molecule has 0 bridgehead atoms. The van der Waals surface area contributed by atoms with Gasteiger partial charge in [0.1, 0.15) is 25.4 Å². The first-order chi connectivity index (χ1) is 17.2. The van der Waals surface area contributed by atoms with E-state index < -0.39 is 0 Å². The van der Waals surface area contributed by atoms with Crippen molar-refractivity contribution in [1.82, 2.24) is 25.2 Å². The summed E-state index contributed by atoms with van der Waals surface area (Å²) in [5.74, 6) is 2.35. The maximum Gasteiger partial charge on any atom is 0.257 e. The second-order valence-corrected chi connectivity index (χ2v) is 8.40. The van der Waals surface area contributed by atoms with Crippen LogP contribution in [0.25, 0.3) is 10.9 Å². The number of hydrogen-bond donors (Lipinski definition) is 2. The van der Waals surface area contributed by atoms with Crippen LogP contribution in [0, 0.1) is 0 Å². The van der Waals surface area contributed by atoms with Crippen LogP contribution in [0.4, 0.5) is 0 Å². The zero-order valence-corrected chi connectivity index (χ0v) is 19.5. The van der Waals surface area contributed by atoms with Gasteiger partial charge in [-0.05, 0) is 59.3 Å². The van der Waals surface area contributed by atoms with E-state index in [0.717, 1.165) is 38.7 Å². The molecule has 0 saturated heterocycles. The molecule has 1 unspecified atom stereocenters.